The summed E-state index contributed by atoms with van der Waals surface area (Å²) in [4.78, 5) is 28.1. The first kappa shape index (κ1) is 48.5. The van der Waals surface area contributed by atoms with Crippen molar-refractivity contribution in [2.45, 2.75) is 64.6 Å². The molecular formula is C45H58N2O12S2. The van der Waals surface area contributed by atoms with Crippen molar-refractivity contribution in [3.63, 3.8) is 0 Å². The van der Waals surface area contributed by atoms with E-state index in [2.05, 4.69) is 4.72 Å². The second-order valence-corrected chi connectivity index (χ2v) is 18.0. The molecule has 0 aromatic heterocycles. The van der Waals surface area contributed by atoms with Gasteiger partial charge in [-0.05, 0) is 98.5 Å². The standard InChI is InChI=1S/C45H58N2O12S2/c1-8-54-42(43(48)55-9-2)41(36-18-26-40(27-19-36)58-30-28-33-12-20-37(21-13-33)46-60(6,50)51)45(59-11-4,44(49)56-10-3)32-35-16-24-39(25-17-35)57-31-29-34-14-22-38(23-15-34)47(5)61(7,52)53/h12-27,41-42,46H,8-11,28-32H2,1-7H3/t41?,42-,45-/m0/s1. The Hall–Kier alpha value is -5.16. The largest absolute Gasteiger partial charge is 0.493 e. The summed E-state index contributed by atoms with van der Waals surface area (Å²) < 4.78 is 86.5. The lowest BCUT2D eigenvalue weighted by molar-refractivity contribution is -0.187. The molecule has 0 saturated carbocycles. The third kappa shape index (κ3) is 14.2. The molecule has 0 radical (unpaired) electrons. The smallest absolute Gasteiger partial charge is 0.339 e. The van der Waals surface area contributed by atoms with Crippen LogP contribution in [-0.4, -0.2) is 99.7 Å². The molecule has 4 aromatic carbocycles. The van der Waals surface area contributed by atoms with Crippen molar-refractivity contribution in [3.05, 3.63) is 119 Å². The Balaban J connectivity index is 1.58. The fraction of sp³-hybridized carbons (Fsp3) is 0.422. The number of nitrogens with one attached hydrogen (secondary N) is 1. The zero-order chi connectivity index (χ0) is 44.6. The molecule has 0 amide bonds. The molecule has 3 atom stereocenters. The number of sulfonamides is 2. The predicted octanol–water partition coefficient (Wildman–Crippen LogP) is 6.33. The Morgan fingerprint density at radius 1 is 0.656 bits per heavy atom. The molecule has 0 fully saturated rings. The van der Waals surface area contributed by atoms with E-state index in [1.807, 2.05) is 36.4 Å². The van der Waals surface area contributed by atoms with Gasteiger partial charge in [0.15, 0.2) is 11.7 Å². The summed E-state index contributed by atoms with van der Waals surface area (Å²) in [7, 11) is -5.24. The van der Waals surface area contributed by atoms with Gasteiger partial charge in [-0.1, -0.05) is 48.5 Å². The van der Waals surface area contributed by atoms with Crippen LogP contribution >= 0.6 is 0 Å². The van der Waals surface area contributed by atoms with Gasteiger partial charge in [0.2, 0.25) is 20.0 Å². The highest BCUT2D eigenvalue weighted by Gasteiger charge is 2.55. The summed E-state index contributed by atoms with van der Waals surface area (Å²) in [6.07, 6.45) is 2.15. The van der Waals surface area contributed by atoms with Crippen LogP contribution in [0.25, 0.3) is 0 Å². The summed E-state index contributed by atoms with van der Waals surface area (Å²) in [6, 6.07) is 28.6. The zero-order valence-electron chi connectivity index (χ0n) is 35.9. The molecule has 0 aliphatic heterocycles. The number of ether oxygens (including phenoxy) is 6. The van der Waals surface area contributed by atoms with Gasteiger partial charge >= 0.3 is 11.9 Å². The summed E-state index contributed by atoms with van der Waals surface area (Å²) in [5, 5.41) is 0. The van der Waals surface area contributed by atoms with E-state index in [4.69, 9.17) is 28.4 Å². The van der Waals surface area contributed by atoms with Gasteiger partial charge < -0.3 is 28.4 Å². The summed E-state index contributed by atoms with van der Waals surface area (Å²) >= 11 is 0. The van der Waals surface area contributed by atoms with E-state index in [0.29, 0.717) is 60.1 Å². The van der Waals surface area contributed by atoms with Crippen LogP contribution in [0.2, 0.25) is 0 Å². The molecule has 0 aliphatic rings. The van der Waals surface area contributed by atoms with Gasteiger partial charge in [0.1, 0.15) is 11.5 Å². The second kappa shape index (κ2) is 22.6. The van der Waals surface area contributed by atoms with E-state index in [1.54, 1.807) is 88.4 Å². The number of hydrogen-bond donors (Lipinski definition) is 1. The first-order valence-electron chi connectivity index (χ1n) is 20.2. The molecule has 16 heteroatoms. The molecule has 332 valence electrons. The number of benzene rings is 4. The molecule has 0 aliphatic carbocycles. The maximum atomic E-state index is 14.4. The molecule has 4 aromatic rings. The number of nitrogens with zero attached hydrogens (tertiary/aromatic N) is 1. The van der Waals surface area contributed by atoms with E-state index in [9.17, 15) is 26.4 Å². The molecule has 0 heterocycles. The van der Waals surface area contributed by atoms with Gasteiger partial charge in [-0.15, -0.1) is 0 Å². The zero-order valence-corrected chi connectivity index (χ0v) is 37.6. The number of rotatable bonds is 25. The molecule has 1 N–H and O–H groups in total. The molecule has 14 nitrogen and oxygen atoms in total. The van der Waals surface area contributed by atoms with Crippen LogP contribution in [0.3, 0.4) is 0 Å². The van der Waals surface area contributed by atoms with Gasteiger partial charge in [0.25, 0.3) is 0 Å². The number of hydrogen-bond acceptors (Lipinski definition) is 12. The highest BCUT2D eigenvalue weighted by Crippen LogP contribution is 2.41. The van der Waals surface area contributed by atoms with Crippen molar-refractivity contribution in [1.82, 2.24) is 0 Å². The van der Waals surface area contributed by atoms with E-state index in [0.717, 1.165) is 23.6 Å². The Bertz CT molecular complexity index is 2220. The van der Waals surface area contributed by atoms with Crippen LogP contribution in [0.4, 0.5) is 11.4 Å². The quantitative estimate of drug-likeness (QED) is 0.0735. The molecule has 4 rings (SSSR count). The molecular weight excluding hydrogens is 825 g/mol. The molecule has 61 heavy (non-hydrogen) atoms. The third-order valence-corrected chi connectivity index (χ3v) is 11.5. The molecule has 0 saturated heterocycles. The predicted molar refractivity (Wildman–Crippen MR) is 235 cm³/mol. The number of anilines is 2. The van der Waals surface area contributed by atoms with E-state index < -0.39 is 49.6 Å². The normalized spacial score (nSPS) is 13.6. The monoisotopic (exact) mass is 882 g/mol. The van der Waals surface area contributed by atoms with Gasteiger partial charge in [0.05, 0.1) is 50.5 Å². The van der Waals surface area contributed by atoms with Crippen LogP contribution in [0, 0.1) is 0 Å². The van der Waals surface area contributed by atoms with Crippen molar-refractivity contribution in [2.75, 3.05) is 68.2 Å². The highest BCUT2D eigenvalue weighted by atomic mass is 32.2. The van der Waals surface area contributed by atoms with E-state index in [-0.39, 0.29) is 32.8 Å². The Morgan fingerprint density at radius 3 is 1.64 bits per heavy atom. The van der Waals surface area contributed by atoms with Crippen molar-refractivity contribution in [3.8, 4) is 11.5 Å². The first-order chi connectivity index (χ1) is 29.0. The average molecular weight is 883 g/mol. The third-order valence-electron chi connectivity index (χ3n) is 9.70. The maximum absolute atomic E-state index is 14.4. The number of carbonyl (C=O) groups excluding carboxylic acids is 2. The van der Waals surface area contributed by atoms with Gasteiger partial charge in [-0.25, -0.2) is 26.4 Å². The fourth-order valence-corrected chi connectivity index (χ4v) is 7.85. The highest BCUT2D eigenvalue weighted by molar-refractivity contribution is 7.92. The van der Waals surface area contributed by atoms with Crippen molar-refractivity contribution in [2.24, 2.45) is 0 Å². The lowest BCUT2D eigenvalue weighted by atomic mass is 9.74. The van der Waals surface area contributed by atoms with E-state index >= 15 is 0 Å². The summed E-state index contributed by atoms with van der Waals surface area (Å²) in [6.45, 7) is 8.03. The summed E-state index contributed by atoms with van der Waals surface area (Å²) in [5.74, 6) is -1.20. The minimum Gasteiger partial charge on any atom is -0.493 e. The maximum Gasteiger partial charge on any atom is 0.339 e. The van der Waals surface area contributed by atoms with Gasteiger partial charge in [-0.2, -0.15) is 0 Å². The number of esters is 2. The topological polar surface area (TPSA) is 173 Å². The van der Waals surface area contributed by atoms with Crippen molar-refractivity contribution >= 4 is 43.4 Å². The van der Waals surface area contributed by atoms with Gasteiger partial charge in [0, 0.05) is 45.2 Å². The van der Waals surface area contributed by atoms with Crippen LogP contribution in [0.15, 0.2) is 97.1 Å². The lowest BCUT2D eigenvalue weighted by Crippen LogP contribution is -2.56. The fourth-order valence-electron chi connectivity index (χ4n) is 6.78. The SMILES string of the molecule is CCOC(=O)[C@@H](OCC)C(c1ccc(OCCc2ccc(NS(C)(=O)=O)cc2)cc1)[C@](Cc1ccc(OCCc2ccc(N(C)S(C)(=O)=O)cc2)cc1)(OCC)C(=O)OCC. The minimum absolute atomic E-state index is 0.0125. The van der Waals surface area contributed by atoms with Crippen LogP contribution in [0.5, 0.6) is 11.5 Å². The van der Waals surface area contributed by atoms with Crippen LogP contribution in [0.1, 0.15) is 55.9 Å². The Kier molecular flexibility index (Phi) is 18.0. The van der Waals surface area contributed by atoms with E-state index in [1.165, 1.54) is 11.4 Å². The van der Waals surface area contributed by atoms with Gasteiger partial charge in [-0.3, -0.25) is 9.03 Å². The molecule has 1 unspecified atom stereocenters. The van der Waals surface area contributed by atoms with Crippen molar-refractivity contribution < 1.29 is 54.8 Å². The number of carbonyl (C=O) groups is 2. The molecule has 0 bridgehead atoms. The second-order valence-electron chi connectivity index (χ2n) is 14.2. The van der Waals surface area contributed by atoms with Crippen LogP contribution < -0.4 is 18.5 Å². The Labute approximate surface area is 360 Å². The van der Waals surface area contributed by atoms with Crippen LogP contribution in [-0.2, 0) is 67.8 Å². The molecule has 0 spiro atoms. The average Bonchev–Trinajstić information content (AvgIpc) is 3.21. The summed E-state index contributed by atoms with van der Waals surface area (Å²) in [5.41, 5.74) is 2.48. The minimum atomic E-state index is -3.38. The Morgan fingerprint density at radius 2 is 1.16 bits per heavy atom. The lowest BCUT2D eigenvalue weighted by Gasteiger charge is -2.41. The first-order valence-corrected chi connectivity index (χ1v) is 23.9. The van der Waals surface area contributed by atoms with Crippen molar-refractivity contribution in [1.29, 1.82) is 0 Å².